The molecule has 0 aliphatic carbocycles. The molecule has 0 bridgehead atoms. The first-order valence-corrected chi connectivity index (χ1v) is 9.84. The van der Waals surface area contributed by atoms with Crippen LogP contribution < -0.4 is 21.1 Å². The molecule has 1 heterocycles. The van der Waals surface area contributed by atoms with Crippen LogP contribution in [0.25, 0.3) is 22.2 Å². The third kappa shape index (κ3) is 4.45. The molecule has 0 spiro atoms. The molecule has 2 aromatic carbocycles. The molecule has 0 unspecified atom stereocenters. The van der Waals surface area contributed by atoms with Crippen LogP contribution in [0.4, 0.5) is 20.6 Å². The lowest BCUT2D eigenvalue weighted by molar-refractivity contribution is 0.252. The maximum absolute atomic E-state index is 12.4. The molecular weight excluding hydrogens is 371 g/mol. The van der Waals surface area contributed by atoms with Crippen LogP contribution in [0.3, 0.4) is 0 Å². The first-order chi connectivity index (χ1) is 14.1. The quantitative estimate of drug-likeness (QED) is 0.510. The van der Waals surface area contributed by atoms with Crippen molar-refractivity contribution in [3.8, 4) is 17.0 Å². The van der Waals surface area contributed by atoms with Crippen molar-refractivity contribution in [3.05, 3.63) is 42.5 Å². The Kier molecular flexibility index (Phi) is 6.59. The molecule has 0 fully saturated rings. The zero-order valence-corrected chi connectivity index (χ0v) is 16.8. The molecular formula is C22H27FN4O2. The normalized spacial score (nSPS) is 10.9. The van der Waals surface area contributed by atoms with Gasteiger partial charge in [-0.2, -0.15) is 0 Å². The van der Waals surface area contributed by atoms with E-state index in [0.717, 1.165) is 35.1 Å². The highest BCUT2D eigenvalue weighted by Crippen LogP contribution is 2.38. The number of anilines is 2. The monoisotopic (exact) mass is 398 g/mol. The van der Waals surface area contributed by atoms with Crippen molar-refractivity contribution >= 4 is 28.3 Å². The minimum absolute atomic E-state index is 0.0287. The number of benzene rings is 2. The van der Waals surface area contributed by atoms with Crippen LogP contribution in [-0.4, -0.2) is 30.4 Å². The van der Waals surface area contributed by atoms with Crippen LogP contribution in [0.15, 0.2) is 42.5 Å². The molecule has 1 aromatic heterocycles. The molecule has 0 saturated carbocycles. The molecule has 0 radical (unpaired) electrons. The highest BCUT2D eigenvalue weighted by molar-refractivity contribution is 6.01. The Hall–Kier alpha value is -3.22. The molecule has 7 heteroatoms. The number of nitrogens with zero attached hydrogens (tertiary/aromatic N) is 1. The summed E-state index contributed by atoms with van der Waals surface area (Å²) in [7, 11) is 0. The highest BCUT2D eigenvalue weighted by Gasteiger charge is 2.16. The molecule has 29 heavy (non-hydrogen) atoms. The van der Waals surface area contributed by atoms with E-state index in [1.165, 1.54) is 0 Å². The van der Waals surface area contributed by atoms with Gasteiger partial charge < -0.3 is 25.7 Å². The van der Waals surface area contributed by atoms with Crippen LogP contribution in [-0.2, 0) is 6.54 Å². The van der Waals surface area contributed by atoms with Crippen molar-refractivity contribution in [2.75, 3.05) is 30.9 Å². The molecule has 0 aliphatic heterocycles. The van der Waals surface area contributed by atoms with Crippen LogP contribution >= 0.6 is 0 Å². The zero-order valence-electron chi connectivity index (χ0n) is 16.8. The SMILES string of the molecule is CCCNC(=O)Nc1ccc(-c2c(N)c3ccc(OCCF)cc3n2CC)cc1. The van der Waals surface area contributed by atoms with E-state index in [9.17, 15) is 9.18 Å². The van der Waals surface area contributed by atoms with Gasteiger partial charge >= 0.3 is 6.03 Å². The smallest absolute Gasteiger partial charge is 0.319 e. The molecule has 0 saturated heterocycles. The van der Waals surface area contributed by atoms with E-state index < -0.39 is 6.67 Å². The second-order valence-electron chi connectivity index (χ2n) is 6.68. The number of carbonyl (C=O) groups excluding carboxylic acids is 1. The third-order valence-corrected chi connectivity index (χ3v) is 4.69. The van der Waals surface area contributed by atoms with Crippen molar-refractivity contribution in [1.29, 1.82) is 0 Å². The number of aryl methyl sites for hydroxylation is 1. The second-order valence-corrected chi connectivity index (χ2v) is 6.68. The summed E-state index contributed by atoms with van der Waals surface area (Å²) in [4.78, 5) is 11.8. The summed E-state index contributed by atoms with van der Waals surface area (Å²) in [6, 6.07) is 13.0. The molecule has 3 rings (SSSR count). The number of halogens is 1. The number of hydrogen-bond donors (Lipinski definition) is 3. The van der Waals surface area contributed by atoms with E-state index in [0.29, 0.717) is 23.7 Å². The largest absolute Gasteiger partial charge is 0.491 e. The molecule has 154 valence electrons. The lowest BCUT2D eigenvalue weighted by Gasteiger charge is -2.11. The zero-order chi connectivity index (χ0) is 20.8. The number of ether oxygens (including phenoxy) is 1. The number of rotatable bonds is 8. The standard InChI is InChI=1S/C22H27FN4O2/c1-3-12-25-22(28)26-16-7-5-15(6-8-16)21-20(24)18-10-9-17(29-13-11-23)14-19(18)27(21)4-2/h5-10,14H,3-4,11-13,24H2,1-2H3,(H2,25,26,28). The van der Waals surface area contributed by atoms with Gasteiger partial charge in [0.2, 0.25) is 0 Å². The molecule has 6 nitrogen and oxygen atoms in total. The summed E-state index contributed by atoms with van der Waals surface area (Å²) in [6.07, 6.45) is 0.883. The fourth-order valence-corrected chi connectivity index (χ4v) is 3.37. The first kappa shape index (κ1) is 20.5. The van der Waals surface area contributed by atoms with Gasteiger partial charge in [-0.15, -0.1) is 0 Å². The third-order valence-electron chi connectivity index (χ3n) is 4.69. The fourth-order valence-electron chi connectivity index (χ4n) is 3.37. The summed E-state index contributed by atoms with van der Waals surface area (Å²) < 4.78 is 20.0. The topological polar surface area (TPSA) is 81.3 Å². The number of aromatic nitrogens is 1. The van der Waals surface area contributed by atoms with Gasteiger partial charge in [0.15, 0.2) is 0 Å². The average molecular weight is 398 g/mol. The number of urea groups is 1. The fraction of sp³-hybridized carbons (Fsp3) is 0.318. The Morgan fingerprint density at radius 1 is 1.17 bits per heavy atom. The van der Waals surface area contributed by atoms with E-state index in [-0.39, 0.29) is 12.6 Å². The van der Waals surface area contributed by atoms with Crippen molar-refractivity contribution in [3.63, 3.8) is 0 Å². The molecule has 2 amide bonds. The van der Waals surface area contributed by atoms with Gasteiger partial charge in [-0.05, 0) is 37.6 Å². The Bertz CT molecular complexity index is 983. The molecule has 3 aromatic rings. The van der Waals surface area contributed by atoms with Crippen molar-refractivity contribution in [2.24, 2.45) is 0 Å². The van der Waals surface area contributed by atoms with Gasteiger partial charge in [0.25, 0.3) is 0 Å². The van der Waals surface area contributed by atoms with E-state index in [1.807, 2.05) is 50.2 Å². The Balaban J connectivity index is 1.92. The van der Waals surface area contributed by atoms with Gasteiger partial charge in [-0.25, -0.2) is 9.18 Å². The maximum Gasteiger partial charge on any atom is 0.319 e. The average Bonchev–Trinajstić information content (AvgIpc) is 3.02. The van der Waals surface area contributed by atoms with E-state index >= 15 is 0 Å². The number of hydrogen-bond acceptors (Lipinski definition) is 3. The van der Waals surface area contributed by atoms with Gasteiger partial charge in [0.05, 0.1) is 16.9 Å². The number of fused-ring (bicyclic) bond motifs is 1. The number of alkyl halides is 1. The number of nitrogens with one attached hydrogen (secondary N) is 2. The van der Waals surface area contributed by atoms with E-state index in [1.54, 1.807) is 6.07 Å². The minimum atomic E-state index is -0.531. The number of amides is 2. The Morgan fingerprint density at radius 2 is 1.93 bits per heavy atom. The Morgan fingerprint density at radius 3 is 2.59 bits per heavy atom. The summed E-state index contributed by atoms with van der Waals surface area (Å²) >= 11 is 0. The highest BCUT2D eigenvalue weighted by atomic mass is 19.1. The summed E-state index contributed by atoms with van der Waals surface area (Å²) in [6.45, 7) is 4.90. The van der Waals surface area contributed by atoms with E-state index in [2.05, 4.69) is 15.2 Å². The van der Waals surface area contributed by atoms with Crippen LogP contribution in [0.2, 0.25) is 0 Å². The minimum Gasteiger partial charge on any atom is -0.491 e. The number of nitrogens with two attached hydrogens (primary N) is 1. The van der Waals surface area contributed by atoms with Crippen molar-refractivity contribution in [2.45, 2.75) is 26.8 Å². The van der Waals surface area contributed by atoms with Crippen LogP contribution in [0.5, 0.6) is 5.75 Å². The lowest BCUT2D eigenvalue weighted by Crippen LogP contribution is -2.29. The molecule has 0 atom stereocenters. The van der Waals surface area contributed by atoms with Gasteiger partial charge in [-0.3, -0.25) is 0 Å². The first-order valence-electron chi connectivity index (χ1n) is 9.84. The van der Waals surface area contributed by atoms with Gasteiger partial charge in [0.1, 0.15) is 19.0 Å². The second kappa shape index (κ2) is 9.32. The lowest BCUT2D eigenvalue weighted by atomic mass is 10.1. The molecule has 0 aliphatic rings. The molecule has 4 N–H and O–H groups in total. The van der Waals surface area contributed by atoms with Crippen molar-refractivity contribution < 1.29 is 13.9 Å². The summed E-state index contributed by atoms with van der Waals surface area (Å²) in [5.41, 5.74) is 10.7. The predicted molar refractivity (Wildman–Crippen MR) is 116 cm³/mol. The number of nitrogen functional groups attached to an aromatic ring is 1. The van der Waals surface area contributed by atoms with Crippen LogP contribution in [0, 0.1) is 0 Å². The summed E-state index contributed by atoms with van der Waals surface area (Å²) in [5, 5.41) is 6.53. The Labute approximate surface area is 169 Å². The van der Waals surface area contributed by atoms with Gasteiger partial charge in [0, 0.05) is 35.8 Å². The van der Waals surface area contributed by atoms with E-state index in [4.69, 9.17) is 10.5 Å². The van der Waals surface area contributed by atoms with Gasteiger partial charge in [-0.1, -0.05) is 19.1 Å². The predicted octanol–water partition coefficient (Wildman–Crippen LogP) is 4.79. The van der Waals surface area contributed by atoms with Crippen LogP contribution in [0.1, 0.15) is 20.3 Å². The van der Waals surface area contributed by atoms with Crippen molar-refractivity contribution in [1.82, 2.24) is 9.88 Å². The summed E-state index contributed by atoms with van der Waals surface area (Å²) in [5.74, 6) is 0.617. The maximum atomic E-state index is 12.4. The number of carbonyl (C=O) groups is 1.